The van der Waals surface area contributed by atoms with Crippen LogP contribution in [0.15, 0.2) is 18.5 Å². The van der Waals surface area contributed by atoms with Gasteiger partial charge in [-0.1, -0.05) is 0 Å². The summed E-state index contributed by atoms with van der Waals surface area (Å²) in [6, 6.07) is 1.44. The molecule has 1 rings (SSSR count). The first-order chi connectivity index (χ1) is 7.88. The van der Waals surface area contributed by atoms with E-state index in [-0.39, 0.29) is 17.8 Å². The van der Waals surface area contributed by atoms with Crippen LogP contribution in [0.25, 0.3) is 0 Å². The van der Waals surface area contributed by atoms with Crippen molar-refractivity contribution in [2.75, 3.05) is 18.6 Å². The van der Waals surface area contributed by atoms with Crippen molar-refractivity contribution in [2.45, 2.75) is 6.42 Å². The van der Waals surface area contributed by atoms with Gasteiger partial charge in [-0.05, 0) is 12.5 Å². The van der Waals surface area contributed by atoms with Gasteiger partial charge in [-0.2, -0.15) is 0 Å². The number of ether oxygens (including phenoxy) is 1. The molecule has 1 aromatic heterocycles. The van der Waals surface area contributed by atoms with Crippen LogP contribution in [-0.2, 0) is 9.84 Å². The Bertz CT molecular complexity index is 462. The highest BCUT2D eigenvalue weighted by Gasteiger charge is 2.12. The molecule has 0 aliphatic carbocycles. The molecule has 0 spiro atoms. The van der Waals surface area contributed by atoms with Crippen LogP contribution in [0.3, 0.4) is 0 Å². The van der Waals surface area contributed by atoms with Gasteiger partial charge in [-0.25, -0.2) is 8.42 Å². The molecule has 2 N–H and O–H groups in total. The van der Waals surface area contributed by atoms with Crippen LogP contribution in [-0.4, -0.2) is 49.2 Å². The van der Waals surface area contributed by atoms with Crippen LogP contribution in [0, 0.1) is 0 Å². The summed E-state index contributed by atoms with van der Waals surface area (Å²) in [4.78, 5) is 3.77. The largest absolute Gasteiger partial charge is 0.492 e. The van der Waals surface area contributed by atoms with Gasteiger partial charge >= 0.3 is 7.12 Å². The lowest BCUT2D eigenvalue weighted by molar-refractivity contribution is 0.316. The van der Waals surface area contributed by atoms with Gasteiger partial charge in [0.2, 0.25) is 0 Å². The number of aromatic nitrogens is 1. The van der Waals surface area contributed by atoms with E-state index in [0.717, 1.165) is 6.26 Å². The van der Waals surface area contributed by atoms with Crippen molar-refractivity contribution in [1.82, 2.24) is 4.98 Å². The smallest absolute Gasteiger partial charge is 0.490 e. The molecule has 1 aromatic rings. The fourth-order valence-electron chi connectivity index (χ4n) is 1.17. The molecule has 0 aliphatic rings. The molecule has 8 heteroatoms. The first-order valence-corrected chi connectivity index (χ1v) is 7.06. The molecule has 94 valence electrons. The van der Waals surface area contributed by atoms with Crippen LogP contribution in [0.4, 0.5) is 0 Å². The van der Waals surface area contributed by atoms with E-state index in [1.165, 1.54) is 18.5 Å². The van der Waals surface area contributed by atoms with Gasteiger partial charge in [0, 0.05) is 17.9 Å². The highest BCUT2D eigenvalue weighted by Crippen LogP contribution is 2.06. The Labute approximate surface area is 100 Å². The van der Waals surface area contributed by atoms with Crippen molar-refractivity contribution in [2.24, 2.45) is 0 Å². The Morgan fingerprint density at radius 1 is 1.41 bits per heavy atom. The molecular formula is C9H14BNO5S. The summed E-state index contributed by atoms with van der Waals surface area (Å²) in [5.74, 6) is 0.437. The first kappa shape index (κ1) is 13.9. The number of nitrogens with zero attached hydrogens (tertiary/aromatic N) is 1. The minimum absolute atomic E-state index is 0.0583. The minimum atomic E-state index is -2.98. The molecular weight excluding hydrogens is 245 g/mol. The Kier molecular flexibility index (Phi) is 4.92. The average Bonchev–Trinajstić information content (AvgIpc) is 2.23. The van der Waals surface area contributed by atoms with Gasteiger partial charge < -0.3 is 14.8 Å². The van der Waals surface area contributed by atoms with Gasteiger partial charge in [-0.15, -0.1) is 0 Å². The lowest BCUT2D eigenvalue weighted by atomic mass is 9.82. The molecule has 0 bridgehead atoms. The van der Waals surface area contributed by atoms with Crippen molar-refractivity contribution in [3.63, 3.8) is 0 Å². The van der Waals surface area contributed by atoms with Crippen molar-refractivity contribution in [3.05, 3.63) is 18.5 Å². The fraction of sp³-hybridized carbons (Fsp3) is 0.444. The highest BCUT2D eigenvalue weighted by molar-refractivity contribution is 7.90. The summed E-state index contributed by atoms with van der Waals surface area (Å²) in [7, 11) is -4.57. The molecule has 0 unspecified atom stereocenters. The van der Waals surface area contributed by atoms with E-state index in [1.54, 1.807) is 0 Å². The van der Waals surface area contributed by atoms with E-state index in [0.29, 0.717) is 12.2 Å². The molecule has 0 saturated heterocycles. The summed E-state index contributed by atoms with van der Waals surface area (Å²) in [5, 5.41) is 17.8. The Morgan fingerprint density at radius 3 is 2.71 bits per heavy atom. The van der Waals surface area contributed by atoms with Crippen LogP contribution in [0.5, 0.6) is 5.75 Å². The zero-order valence-electron chi connectivity index (χ0n) is 9.41. The zero-order chi connectivity index (χ0) is 12.9. The second kappa shape index (κ2) is 5.99. The number of sulfone groups is 1. The van der Waals surface area contributed by atoms with Gasteiger partial charge in [0.05, 0.1) is 18.6 Å². The van der Waals surface area contributed by atoms with Gasteiger partial charge in [0.15, 0.2) is 0 Å². The Balaban J connectivity index is 2.44. The molecule has 17 heavy (non-hydrogen) atoms. The predicted molar refractivity (Wildman–Crippen MR) is 63.9 cm³/mol. The van der Waals surface area contributed by atoms with Crippen LogP contribution >= 0.6 is 0 Å². The molecule has 0 radical (unpaired) electrons. The summed E-state index contributed by atoms with van der Waals surface area (Å²) in [5.41, 5.74) is 0.227. The number of pyridine rings is 1. The molecule has 0 aromatic carbocycles. The third-order valence-corrected chi connectivity index (χ3v) is 2.99. The zero-order valence-corrected chi connectivity index (χ0v) is 10.2. The third kappa shape index (κ3) is 5.67. The van der Waals surface area contributed by atoms with E-state index in [4.69, 9.17) is 14.8 Å². The average molecular weight is 259 g/mol. The van der Waals surface area contributed by atoms with E-state index < -0.39 is 17.0 Å². The third-order valence-electron chi connectivity index (χ3n) is 1.96. The molecule has 0 fully saturated rings. The Morgan fingerprint density at radius 2 is 2.12 bits per heavy atom. The molecule has 0 amide bonds. The van der Waals surface area contributed by atoms with Crippen LogP contribution in [0.1, 0.15) is 6.42 Å². The van der Waals surface area contributed by atoms with Crippen LogP contribution in [0.2, 0.25) is 0 Å². The maximum absolute atomic E-state index is 10.9. The minimum Gasteiger partial charge on any atom is -0.492 e. The number of hydrogen-bond donors (Lipinski definition) is 2. The summed E-state index contributed by atoms with van der Waals surface area (Å²) in [6.07, 6.45) is 4.28. The van der Waals surface area contributed by atoms with Gasteiger partial charge in [0.25, 0.3) is 0 Å². The second-order valence-corrected chi connectivity index (χ2v) is 5.92. The first-order valence-electron chi connectivity index (χ1n) is 5.00. The van der Waals surface area contributed by atoms with Gasteiger partial charge in [-0.3, -0.25) is 4.98 Å². The standard InChI is InChI=1S/C9H14BNO5S/c1-17(14,15)4-2-3-16-9-5-8(10(12)13)6-11-7-9/h5-7,12-13H,2-4H2,1H3. The Hall–Kier alpha value is -1.12. The van der Waals surface area contributed by atoms with E-state index in [9.17, 15) is 8.42 Å². The van der Waals surface area contributed by atoms with E-state index >= 15 is 0 Å². The normalized spacial score (nSPS) is 11.2. The highest BCUT2D eigenvalue weighted by atomic mass is 32.2. The predicted octanol–water partition coefficient (Wildman–Crippen LogP) is -1.43. The summed E-state index contributed by atoms with van der Waals surface area (Å²) in [6.45, 7) is 0.236. The van der Waals surface area contributed by atoms with Crippen molar-refractivity contribution in [3.8, 4) is 5.75 Å². The number of hydrogen-bond acceptors (Lipinski definition) is 6. The molecule has 6 nitrogen and oxygen atoms in total. The maximum Gasteiger partial charge on any atom is 0.490 e. The van der Waals surface area contributed by atoms with Gasteiger partial charge in [0.1, 0.15) is 15.6 Å². The van der Waals surface area contributed by atoms with E-state index in [2.05, 4.69) is 4.98 Å². The van der Waals surface area contributed by atoms with Crippen LogP contribution < -0.4 is 10.2 Å². The lowest BCUT2D eigenvalue weighted by Crippen LogP contribution is -2.30. The van der Waals surface area contributed by atoms with Crippen molar-refractivity contribution in [1.29, 1.82) is 0 Å². The maximum atomic E-state index is 10.9. The molecule has 0 saturated carbocycles. The SMILES string of the molecule is CS(=O)(=O)CCCOc1cncc(B(O)O)c1. The molecule has 0 aliphatic heterocycles. The van der Waals surface area contributed by atoms with Crippen molar-refractivity contribution >= 4 is 22.4 Å². The fourth-order valence-corrected chi connectivity index (χ4v) is 1.81. The van der Waals surface area contributed by atoms with E-state index in [1.807, 2.05) is 0 Å². The topological polar surface area (TPSA) is 96.7 Å². The lowest BCUT2D eigenvalue weighted by Gasteiger charge is -2.06. The number of rotatable bonds is 6. The van der Waals surface area contributed by atoms with Crippen molar-refractivity contribution < 1.29 is 23.2 Å². The molecule has 0 atom stereocenters. The summed E-state index contributed by atoms with van der Waals surface area (Å²) >= 11 is 0. The quantitative estimate of drug-likeness (QED) is 0.480. The monoisotopic (exact) mass is 259 g/mol. The molecule has 1 heterocycles. The second-order valence-electron chi connectivity index (χ2n) is 3.66. The summed E-state index contributed by atoms with van der Waals surface area (Å²) < 4.78 is 26.9.